The number of aryl methyl sites for hydroxylation is 1. The topological polar surface area (TPSA) is 78.9 Å². The van der Waals surface area contributed by atoms with Crippen LogP contribution in [0.3, 0.4) is 0 Å². The van der Waals surface area contributed by atoms with E-state index in [0.29, 0.717) is 16.6 Å². The number of nitrogen functional groups attached to an aromatic ring is 1. The van der Waals surface area contributed by atoms with Gasteiger partial charge >= 0.3 is 6.01 Å². The Morgan fingerprint density at radius 1 is 1.37 bits per heavy atom. The second-order valence-corrected chi connectivity index (χ2v) is 3.98. The van der Waals surface area contributed by atoms with Crippen LogP contribution >= 0.6 is 0 Å². The van der Waals surface area contributed by atoms with Crippen molar-refractivity contribution in [2.24, 2.45) is 7.05 Å². The van der Waals surface area contributed by atoms with Crippen LogP contribution in [0.4, 0.5) is 10.1 Å². The summed E-state index contributed by atoms with van der Waals surface area (Å²) in [6.07, 6.45) is 3.00. The van der Waals surface area contributed by atoms with Crippen molar-refractivity contribution >= 4 is 16.6 Å². The number of fused-ring (bicyclic) bond motifs is 1. The van der Waals surface area contributed by atoms with Gasteiger partial charge in [-0.25, -0.2) is 4.39 Å². The molecular weight excluding hydrogens is 249 g/mol. The third-order valence-electron chi connectivity index (χ3n) is 2.60. The van der Waals surface area contributed by atoms with E-state index in [2.05, 4.69) is 15.1 Å². The monoisotopic (exact) mass is 259 g/mol. The SMILES string of the molecule is Cn1cnc(Oc2c(F)cc(N)c3cccnc23)n1. The molecule has 3 aromatic rings. The molecule has 0 fully saturated rings. The minimum Gasteiger partial charge on any atom is -0.418 e. The summed E-state index contributed by atoms with van der Waals surface area (Å²) in [5, 5.41) is 4.55. The Balaban J connectivity index is 2.17. The summed E-state index contributed by atoms with van der Waals surface area (Å²) in [6, 6.07) is 4.72. The van der Waals surface area contributed by atoms with Crippen molar-refractivity contribution in [3.05, 3.63) is 36.5 Å². The van der Waals surface area contributed by atoms with Gasteiger partial charge in [0.15, 0.2) is 11.6 Å². The van der Waals surface area contributed by atoms with Gasteiger partial charge in [-0.05, 0) is 12.1 Å². The molecule has 0 unspecified atom stereocenters. The predicted molar refractivity (Wildman–Crippen MR) is 67.2 cm³/mol. The fourth-order valence-electron chi connectivity index (χ4n) is 1.77. The van der Waals surface area contributed by atoms with E-state index in [1.807, 2.05) is 0 Å². The Hall–Kier alpha value is -2.70. The number of nitrogens with zero attached hydrogens (tertiary/aromatic N) is 4. The molecule has 7 heteroatoms. The highest BCUT2D eigenvalue weighted by atomic mass is 19.1. The summed E-state index contributed by atoms with van der Waals surface area (Å²) >= 11 is 0. The molecule has 0 spiro atoms. The molecule has 0 atom stereocenters. The molecule has 96 valence electrons. The number of rotatable bonds is 2. The molecule has 6 nitrogen and oxygen atoms in total. The Labute approximate surface area is 107 Å². The molecule has 2 aromatic heterocycles. The predicted octanol–water partition coefficient (Wildman–Crippen LogP) is 1.88. The van der Waals surface area contributed by atoms with E-state index >= 15 is 0 Å². The van der Waals surface area contributed by atoms with Gasteiger partial charge in [0.25, 0.3) is 0 Å². The van der Waals surface area contributed by atoms with Crippen LogP contribution in [-0.4, -0.2) is 19.7 Å². The van der Waals surface area contributed by atoms with E-state index in [9.17, 15) is 4.39 Å². The molecule has 19 heavy (non-hydrogen) atoms. The second-order valence-electron chi connectivity index (χ2n) is 3.98. The van der Waals surface area contributed by atoms with E-state index in [0.717, 1.165) is 0 Å². The van der Waals surface area contributed by atoms with Crippen LogP contribution in [0.5, 0.6) is 11.8 Å². The van der Waals surface area contributed by atoms with Gasteiger partial charge in [0.1, 0.15) is 11.8 Å². The van der Waals surface area contributed by atoms with E-state index in [-0.39, 0.29) is 11.8 Å². The zero-order valence-electron chi connectivity index (χ0n) is 10.0. The highest BCUT2D eigenvalue weighted by Gasteiger charge is 2.15. The van der Waals surface area contributed by atoms with Gasteiger partial charge in [-0.2, -0.15) is 4.98 Å². The first-order chi connectivity index (χ1) is 9.15. The number of ether oxygens (including phenoxy) is 1. The van der Waals surface area contributed by atoms with Crippen LogP contribution in [0.15, 0.2) is 30.7 Å². The molecule has 1 aromatic carbocycles. The van der Waals surface area contributed by atoms with E-state index < -0.39 is 5.82 Å². The molecule has 2 N–H and O–H groups in total. The second kappa shape index (κ2) is 4.20. The number of halogens is 1. The lowest BCUT2D eigenvalue weighted by Crippen LogP contribution is -1.97. The largest absolute Gasteiger partial charge is 0.418 e. The van der Waals surface area contributed by atoms with Crippen LogP contribution in [0.1, 0.15) is 0 Å². The first kappa shape index (κ1) is 11.4. The van der Waals surface area contributed by atoms with Crippen molar-refractivity contribution in [2.45, 2.75) is 0 Å². The summed E-state index contributed by atoms with van der Waals surface area (Å²) < 4.78 is 20.8. The fourth-order valence-corrected chi connectivity index (χ4v) is 1.77. The lowest BCUT2D eigenvalue weighted by atomic mass is 10.1. The van der Waals surface area contributed by atoms with Gasteiger partial charge in [0.2, 0.25) is 0 Å². The number of hydrogen-bond donors (Lipinski definition) is 1. The molecular formula is C12H10FN5O. The molecule has 0 radical (unpaired) electrons. The summed E-state index contributed by atoms with van der Waals surface area (Å²) in [5.41, 5.74) is 6.40. The quantitative estimate of drug-likeness (QED) is 0.711. The van der Waals surface area contributed by atoms with Gasteiger partial charge in [-0.1, -0.05) is 0 Å². The van der Waals surface area contributed by atoms with Crippen LogP contribution in [0, 0.1) is 5.82 Å². The van der Waals surface area contributed by atoms with Gasteiger partial charge in [-0.15, -0.1) is 5.10 Å². The molecule has 0 saturated carbocycles. The first-order valence-corrected chi connectivity index (χ1v) is 5.51. The van der Waals surface area contributed by atoms with Crippen molar-refractivity contribution in [1.82, 2.24) is 19.7 Å². The van der Waals surface area contributed by atoms with Gasteiger partial charge in [0, 0.05) is 30.4 Å². The average molecular weight is 259 g/mol. The summed E-state index contributed by atoms with van der Waals surface area (Å²) in [7, 11) is 1.69. The first-order valence-electron chi connectivity index (χ1n) is 5.51. The third kappa shape index (κ3) is 1.95. The van der Waals surface area contributed by atoms with Crippen molar-refractivity contribution < 1.29 is 9.13 Å². The van der Waals surface area contributed by atoms with Crippen LogP contribution in [0.2, 0.25) is 0 Å². The number of hydrogen-bond acceptors (Lipinski definition) is 5. The van der Waals surface area contributed by atoms with Gasteiger partial charge < -0.3 is 10.5 Å². The standard InChI is InChI=1S/C12H10FN5O/c1-18-6-16-12(17-18)19-11-8(13)5-9(14)7-3-2-4-15-10(7)11/h2-6H,14H2,1H3. The maximum Gasteiger partial charge on any atom is 0.341 e. The van der Waals surface area contributed by atoms with E-state index in [1.165, 1.54) is 17.1 Å². The summed E-state index contributed by atoms with van der Waals surface area (Å²) in [6.45, 7) is 0. The minimum absolute atomic E-state index is 0.0315. The van der Waals surface area contributed by atoms with Crippen molar-refractivity contribution in [2.75, 3.05) is 5.73 Å². The van der Waals surface area contributed by atoms with Crippen molar-refractivity contribution in [3.63, 3.8) is 0 Å². The maximum absolute atomic E-state index is 14.0. The molecule has 0 aliphatic heterocycles. The zero-order valence-corrected chi connectivity index (χ0v) is 10.0. The number of benzene rings is 1. The molecule has 0 bridgehead atoms. The Morgan fingerprint density at radius 3 is 2.95 bits per heavy atom. The Kier molecular flexibility index (Phi) is 2.52. The summed E-state index contributed by atoms with van der Waals surface area (Å²) in [4.78, 5) is 7.98. The maximum atomic E-state index is 14.0. The normalized spacial score (nSPS) is 10.8. The Morgan fingerprint density at radius 2 is 2.21 bits per heavy atom. The average Bonchev–Trinajstić information content (AvgIpc) is 2.80. The van der Waals surface area contributed by atoms with E-state index in [4.69, 9.17) is 10.5 Å². The number of pyridine rings is 1. The molecule has 0 amide bonds. The molecule has 0 aliphatic carbocycles. The van der Waals surface area contributed by atoms with E-state index in [1.54, 1.807) is 25.4 Å². The number of aromatic nitrogens is 4. The van der Waals surface area contributed by atoms with Gasteiger partial charge in [-0.3, -0.25) is 9.67 Å². The molecule has 0 aliphatic rings. The Bertz CT molecular complexity index is 755. The summed E-state index contributed by atoms with van der Waals surface area (Å²) in [5.74, 6) is -0.632. The lowest BCUT2D eigenvalue weighted by Gasteiger charge is -2.08. The molecule has 2 heterocycles. The highest BCUT2D eigenvalue weighted by molar-refractivity contribution is 5.94. The highest BCUT2D eigenvalue weighted by Crippen LogP contribution is 2.33. The smallest absolute Gasteiger partial charge is 0.341 e. The third-order valence-corrected chi connectivity index (χ3v) is 2.60. The van der Waals surface area contributed by atoms with Crippen molar-refractivity contribution in [3.8, 4) is 11.8 Å². The molecule has 3 rings (SSSR count). The fraction of sp³-hybridized carbons (Fsp3) is 0.0833. The minimum atomic E-state index is -0.601. The number of anilines is 1. The number of nitrogens with two attached hydrogens (primary N) is 1. The lowest BCUT2D eigenvalue weighted by molar-refractivity contribution is 0.413. The van der Waals surface area contributed by atoms with Gasteiger partial charge in [0.05, 0.1) is 0 Å². The van der Waals surface area contributed by atoms with Crippen LogP contribution < -0.4 is 10.5 Å². The van der Waals surface area contributed by atoms with Crippen LogP contribution in [-0.2, 0) is 7.05 Å². The van der Waals surface area contributed by atoms with Crippen LogP contribution in [0.25, 0.3) is 10.9 Å². The zero-order chi connectivity index (χ0) is 13.4. The molecule has 0 saturated heterocycles. The van der Waals surface area contributed by atoms with Crippen molar-refractivity contribution in [1.29, 1.82) is 0 Å².